The second-order valence-electron chi connectivity index (χ2n) is 5.16. The maximum atomic E-state index is 12.0. The molecule has 0 amide bonds. The summed E-state index contributed by atoms with van der Waals surface area (Å²) >= 11 is 0. The van der Waals surface area contributed by atoms with Crippen molar-refractivity contribution in [3.05, 3.63) is 52.1 Å². The minimum atomic E-state index is -0.190. The van der Waals surface area contributed by atoms with Gasteiger partial charge in [-0.05, 0) is 25.1 Å². The molecule has 1 saturated heterocycles. The van der Waals surface area contributed by atoms with E-state index in [1.807, 2.05) is 13.0 Å². The molecule has 1 N–H and O–H groups in total. The molecule has 22 heavy (non-hydrogen) atoms. The van der Waals surface area contributed by atoms with Gasteiger partial charge in [0.2, 0.25) is 0 Å². The number of nitrogens with one attached hydrogen (secondary N) is 1. The lowest BCUT2D eigenvalue weighted by Crippen LogP contribution is -2.37. The van der Waals surface area contributed by atoms with Gasteiger partial charge in [0.15, 0.2) is 0 Å². The lowest BCUT2D eigenvalue weighted by atomic mass is 10.1. The Morgan fingerprint density at radius 1 is 1.36 bits per heavy atom. The van der Waals surface area contributed by atoms with Crippen LogP contribution in [0.2, 0.25) is 0 Å². The van der Waals surface area contributed by atoms with Crippen molar-refractivity contribution in [2.24, 2.45) is 0 Å². The highest BCUT2D eigenvalue weighted by Crippen LogP contribution is 2.21. The maximum Gasteiger partial charge on any atom is 0.267 e. The van der Waals surface area contributed by atoms with Crippen molar-refractivity contribution < 1.29 is 4.74 Å². The fourth-order valence-electron chi connectivity index (χ4n) is 2.42. The van der Waals surface area contributed by atoms with E-state index < -0.39 is 0 Å². The monoisotopic (exact) mass is 297 g/mol. The standard InChI is InChI=1S/C15H15N5O2/c1-10-2-5-15(21)20(19-10)13-9-22-8-12(13)18-14-4-3-11(6-16)7-17-14/h2-5,7,12-13H,8-9H2,1H3,(H,17,18). The highest BCUT2D eigenvalue weighted by Gasteiger charge is 2.31. The quantitative estimate of drug-likeness (QED) is 0.903. The number of ether oxygens (including phenoxy) is 1. The fraction of sp³-hybridized carbons (Fsp3) is 0.333. The van der Waals surface area contributed by atoms with Gasteiger partial charge in [-0.3, -0.25) is 4.79 Å². The molecule has 0 radical (unpaired) electrons. The number of aromatic nitrogens is 3. The second kappa shape index (κ2) is 5.95. The van der Waals surface area contributed by atoms with Gasteiger partial charge in [0.1, 0.15) is 17.9 Å². The zero-order chi connectivity index (χ0) is 15.5. The molecule has 0 aliphatic carbocycles. The van der Waals surface area contributed by atoms with Crippen LogP contribution in [-0.4, -0.2) is 34.0 Å². The van der Waals surface area contributed by atoms with E-state index in [2.05, 4.69) is 15.4 Å². The Hall–Kier alpha value is -2.72. The van der Waals surface area contributed by atoms with Gasteiger partial charge in [0.25, 0.3) is 5.56 Å². The number of hydrogen-bond acceptors (Lipinski definition) is 6. The summed E-state index contributed by atoms with van der Waals surface area (Å²) in [4.78, 5) is 16.2. The van der Waals surface area contributed by atoms with Gasteiger partial charge in [-0.2, -0.15) is 10.4 Å². The molecule has 0 bridgehead atoms. The number of nitriles is 1. The Morgan fingerprint density at radius 3 is 2.95 bits per heavy atom. The van der Waals surface area contributed by atoms with Crippen LogP contribution in [0, 0.1) is 18.3 Å². The van der Waals surface area contributed by atoms with Crippen molar-refractivity contribution in [3.8, 4) is 6.07 Å². The van der Waals surface area contributed by atoms with Crippen LogP contribution in [0.15, 0.2) is 35.3 Å². The van der Waals surface area contributed by atoms with Crippen molar-refractivity contribution in [3.63, 3.8) is 0 Å². The number of nitrogens with zero attached hydrogens (tertiary/aromatic N) is 4. The van der Waals surface area contributed by atoms with Gasteiger partial charge in [0.05, 0.1) is 30.5 Å². The van der Waals surface area contributed by atoms with E-state index >= 15 is 0 Å². The Morgan fingerprint density at radius 2 is 2.23 bits per heavy atom. The molecule has 1 aliphatic rings. The van der Waals surface area contributed by atoms with Crippen molar-refractivity contribution in [1.82, 2.24) is 14.8 Å². The first-order chi connectivity index (χ1) is 10.7. The molecule has 0 aromatic carbocycles. The van der Waals surface area contributed by atoms with Gasteiger partial charge in [-0.15, -0.1) is 0 Å². The lowest BCUT2D eigenvalue weighted by Gasteiger charge is -2.20. The molecule has 2 aromatic rings. The zero-order valence-corrected chi connectivity index (χ0v) is 12.1. The average molecular weight is 297 g/mol. The summed E-state index contributed by atoms with van der Waals surface area (Å²) in [7, 11) is 0. The van der Waals surface area contributed by atoms with Crippen LogP contribution in [0.5, 0.6) is 0 Å². The van der Waals surface area contributed by atoms with Crippen LogP contribution in [0.25, 0.3) is 0 Å². The predicted octanol–water partition coefficient (Wildman–Crippen LogP) is 0.870. The summed E-state index contributed by atoms with van der Waals surface area (Å²) in [6.45, 7) is 2.73. The van der Waals surface area contributed by atoms with E-state index in [4.69, 9.17) is 10.00 Å². The van der Waals surface area contributed by atoms with Gasteiger partial charge in [0, 0.05) is 12.3 Å². The normalized spacial score (nSPS) is 20.5. The fourth-order valence-corrected chi connectivity index (χ4v) is 2.42. The maximum absolute atomic E-state index is 12.0. The van der Waals surface area contributed by atoms with Crippen molar-refractivity contribution in [2.75, 3.05) is 18.5 Å². The second-order valence-corrected chi connectivity index (χ2v) is 5.16. The van der Waals surface area contributed by atoms with Crippen LogP contribution in [0.3, 0.4) is 0 Å². The Kier molecular flexibility index (Phi) is 3.85. The Bertz CT molecular complexity index is 763. The number of anilines is 1. The van der Waals surface area contributed by atoms with Gasteiger partial charge in [-0.1, -0.05) is 0 Å². The molecular weight excluding hydrogens is 282 g/mol. The number of aryl methyl sites for hydroxylation is 1. The third-order valence-electron chi connectivity index (χ3n) is 3.55. The highest BCUT2D eigenvalue weighted by molar-refractivity contribution is 5.40. The first-order valence-corrected chi connectivity index (χ1v) is 6.94. The van der Waals surface area contributed by atoms with E-state index in [-0.39, 0.29) is 17.6 Å². The highest BCUT2D eigenvalue weighted by atomic mass is 16.5. The Balaban J connectivity index is 1.82. The van der Waals surface area contributed by atoms with E-state index in [1.54, 1.807) is 18.2 Å². The predicted molar refractivity (Wildman–Crippen MR) is 79.5 cm³/mol. The van der Waals surface area contributed by atoms with E-state index in [0.717, 1.165) is 5.69 Å². The molecule has 1 fully saturated rings. The molecule has 1 aliphatic heterocycles. The van der Waals surface area contributed by atoms with E-state index in [0.29, 0.717) is 24.6 Å². The zero-order valence-electron chi connectivity index (χ0n) is 12.1. The van der Waals surface area contributed by atoms with E-state index in [9.17, 15) is 4.79 Å². The molecule has 2 atom stereocenters. The summed E-state index contributed by atoms with van der Waals surface area (Å²) in [5.74, 6) is 0.639. The van der Waals surface area contributed by atoms with Gasteiger partial charge < -0.3 is 10.1 Å². The van der Waals surface area contributed by atoms with Crippen LogP contribution < -0.4 is 10.9 Å². The molecule has 2 aromatic heterocycles. The summed E-state index contributed by atoms with van der Waals surface area (Å²) in [6.07, 6.45) is 1.50. The lowest BCUT2D eigenvalue weighted by molar-refractivity contribution is 0.182. The molecule has 0 spiro atoms. The van der Waals surface area contributed by atoms with Crippen molar-refractivity contribution >= 4 is 5.82 Å². The first-order valence-electron chi connectivity index (χ1n) is 6.94. The average Bonchev–Trinajstić information content (AvgIpc) is 2.98. The summed E-state index contributed by atoms with van der Waals surface area (Å²) in [6, 6.07) is 8.37. The summed E-state index contributed by atoms with van der Waals surface area (Å²) < 4.78 is 6.96. The molecule has 3 rings (SSSR count). The largest absolute Gasteiger partial charge is 0.377 e. The first kappa shape index (κ1) is 14.2. The smallest absolute Gasteiger partial charge is 0.267 e. The number of hydrogen-bond donors (Lipinski definition) is 1. The summed E-state index contributed by atoms with van der Waals surface area (Å²) in [5, 5.41) is 16.3. The molecular formula is C15H15N5O2. The molecule has 3 heterocycles. The molecule has 0 saturated carbocycles. The minimum absolute atomic E-state index is 0.104. The van der Waals surface area contributed by atoms with Crippen LogP contribution in [0.4, 0.5) is 5.82 Å². The topological polar surface area (TPSA) is 92.8 Å². The number of pyridine rings is 1. The third-order valence-corrected chi connectivity index (χ3v) is 3.55. The summed E-state index contributed by atoms with van der Waals surface area (Å²) in [5.41, 5.74) is 1.13. The van der Waals surface area contributed by atoms with Crippen molar-refractivity contribution in [1.29, 1.82) is 5.26 Å². The number of rotatable bonds is 3. The van der Waals surface area contributed by atoms with E-state index in [1.165, 1.54) is 16.9 Å². The molecule has 2 unspecified atom stereocenters. The molecule has 7 nitrogen and oxygen atoms in total. The van der Waals surface area contributed by atoms with Crippen molar-refractivity contribution in [2.45, 2.75) is 19.0 Å². The SMILES string of the molecule is Cc1ccc(=O)n(C2COCC2Nc2ccc(C#N)cn2)n1. The Labute approximate surface area is 127 Å². The molecule has 7 heteroatoms. The van der Waals surface area contributed by atoms with Gasteiger partial charge >= 0.3 is 0 Å². The molecule has 112 valence electrons. The van der Waals surface area contributed by atoms with Crippen LogP contribution in [-0.2, 0) is 4.74 Å². The van der Waals surface area contributed by atoms with Gasteiger partial charge in [-0.25, -0.2) is 9.67 Å². The van der Waals surface area contributed by atoms with Crippen LogP contribution in [0.1, 0.15) is 17.3 Å². The third kappa shape index (κ3) is 2.82. The minimum Gasteiger partial charge on any atom is -0.377 e. The van der Waals surface area contributed by atoms with Crippen LogP contribution >= 0.6 is 0 Å².